The van der Waals surface area contributed by atoms with Crippen LogP contribution in [0.4, 0.5) is 0 Å². The molecule has 1 saturated carbocycles. The summed E-state index contributed by atoms with van der Waals surface area (Å²) in [5, 5.41) is 6.28. The first kappa shape index (κ1) is 13.5. The maximum Gasteiger partial charge on any atom is 0.236 e. The molecule has 16 heavy (non-hydrogen) atoms. The maximum atomic E-state index is 11.6. The molecule has 0 aromatic rings. The van der Waals surface area contributed by atoms with Crippen LogP contribution < -0.4 is 10.6 Å². The van der Waals surface area contributed by atoms with Gasteiger partial charge >= 0.3 is 0 Å². The molecule has 1 aliphatic carbocycles. The van der Waals surface area contributed by atoms with Gasteiger partial charge in [-0.1, -0.05) is 26.7 Å². The number of carbonyl (C=O) groups is 1. The molecule has 1 rings (SSSR count). The van der Waals surface area contributed by atoms with Crippen molar-refractivity contribution in [2.45, 2.75) is 58.9 Å². The van der Waals surface area contributed by atoms with Crippen LogP contribution in [0.25, 0.3) is 0 Å². The Labute approximate surface area is 99.4 Å². The van der Waals surface area contributed by atoms with E-state index in [1.807, 2.05) is 6.92 Å². The van der Waals surface area contributed by atoms with Crippen LogP contribution in [0.1, 0.15) is 52.9 Å². The summed E-state index contributed by atoms with van der Waals surface area (Å²) in [6.07, 6.45) is 6.27. The van der Waals surface area contributed by atoms with Crippen molar-refractivity contribution in [1.82, 2.24) is 10.6 Å². The van der Waals surface area contributed by atoms with Gasteiger partial charge in [-0.3, -0.25) is 4.79 Å². The first-order valence-corrected chi connectivity index (χ1v) is 6.58. The van der Waals surface area contributed by atoms with E-state index in [2.05, 4.69) is 24.5 Å². The van der Waals surface area contributed by atoms with Crippen molar-refractivity contribution in [3.63, 3.8) is 0 Å². The highest BCUT2D eigenvalue weighted by atomic mass is 16.2. The fourth-order valence-electron chi connectivity index (χ4n) is 2.30. The van der Waals surface area contributed by atoms with Crippen LogP contribution >= 0.6 is 0 Å². The predicted octanol–water partition coefficient (Wildman–Crippen LogP) is 2.07. The second-order valence-corrected chi connectivity index (χ2v) is 5.41. The molecule has 1 amide bonds. The van der Waals surface area contributed by atoms with Crippen molar-refractivity contribution in [2.24, 2.45) is 5.41 Å². The van der Waals surface area contributed by atoms with Gasteiger partial charge in [0.25, 0.3) is 0 Å². The highest BCUT2D eigenvalue weighted by molar-refractivity contribution is 5.81. The molecule has 0 heterocycles. The predicted molar refractivity (Wildman–Crippen MR) is 67.3 cm³/mol. The Morgan fingerprint density at radius 2 is 2.00 bits per heavy atom. The monoisotopic (exact) mass is 226 g/mol. The van der Waals surface area contributed by atoms with E-state index in [4.69, 9.17) is 0 Å². The number of nitrogens with one attached hydrogen (secondary N) is 2. The molecule has 0 aromatic heterocycles. The van der Waals surface area contributed by atoms with Gasteiger partial charge < -0.3 is 10.6 Å². The molecule has 0 bridgehead atoms. The zero-order valence-corrected chi connectivity index (χ0v) is 10.9. The van der Waals surface area contributed by atoms with Gasteiger partial charge in [-0.25, -0.2) is 0 Å². The Morgan fingerprint density at radius 1 is 1.38 bits per heavy atom. The summed E-state index contributed by atoms with van der Waals surface area (Å²) in [6.45, 7) is 8.08. The molecule has 2 N–H and O–H groups in total. The van der Waals surface area contributed by atoms with Crippen LogP contribution in [0.15, 0.2) is 0 Å². The number of hydrogen-bond acceptors (Lipinski definition) is 2. The molecule has 1 unspecified atom stereocenters. The molecule has 0 aliphatic heterocycles. The Kier molecular flexibility index (Phi) is 5.26. The third-order valence-corrected chi connectivity index (χ3v) is 3.59. The number of amides is 1. The SMILES string of the molecule is CCCNC(=O)C(C)NCC1(C)CCCC1. The van der Waals surface area contributed by atoms with E-state index in [0.717, 1.165) is 19.5 Å². The lowest BCUT2D eigenvalue weighted by Gasteiger charge is -2.26. The zero-order chi connectivity index (χ0) is 12.0. The Balaban J connectivity index is 2.23. The van der Waals surface area contributed by atoms with Gasteiger partial charge in [0.15, 0.2) is 0 Å². The summed E-state index contributed by atoms with van der Waals surface area (Å²) in [6, 6.07) is -0.0658. The minimum absolute atomic E-state index is 0.0658. The Hall–Kier alpha value is -0.570. The molecule has 0 radical (unpaired) electrons. The fourth-order valence-corrected chi connectivity index (χ4v) is 2.30. The minimum Gasteiger partial charge on any atom is -0.355 e. The number of hydrogen-bond donors (Lipinski definition) is 2. The van der Waals surface area contributed by atoms with Crippen molar-refractivity contribution in [1.29, 1.82) is 0 Å². The molecule has 1 fully saturated rings. The lowest BCUT2D eigenvalue weighted by atomic mass is 9.88. The van der Waals surface area contributed by atoms with E-state index in [0.29, 0.717) is 5.41 Å². The molecule has 94 valence electrons. The molecule has 0 saturated heterocycles. The van der Waals surface area contributed by atoms with Crippen molar-refractivity contribution in [3.8, 4) is 0 Å². The second kappa shape index (κ2) is 6.24. The summed E-state index contributed by atoms with van der Waals surface area (Å²) in [5.41, 5.74) is 0.416. The van der Waals surface area contributed by atoms with Crippen LogP contribution in [0.5, 0.6) is 0 Å². The van der Waals surface area contributed by atoms with Crippen molar-refractivity contribution < 1.29 is 4.79 Å². The average Bonchev–Trinajstić information content (AvgIpc) is 2.70. The third kappa shape index (κ3) is 4.12. The molecule has 0 spiro atoms. The summed E-state index contributed by atoms with van der Waals surface area (Å²) < 4.78 is 0. The Bertz CT molecular complexity index is 222. The van der Waals surface area contributed by atoms with Gasteiger partial charge in [-0.2, -0.15) is 0 Å². The van der Waals surface area contributed by atoms with Crippen molar-refractivity contribution in [2.75, 3.05) is 13.1 Å². The largest absolute Gasteiger partial charge is 0.355 e. The lowest BCUT2D eigenvalue weighted by Crippen LogP contribution is -2.45. The van der Waals surface area contributed by atoms with Gasteiger partial charge in [0, 0.05) is 13.1 Å². The molecule has 0 aromatic carbocycles. The highest BCUT2D eigenvalue weighted by Crippen LogP contribution is 2.36. The molecular weight excluding hydrogens is 200 g/mol. The standard InChI is InChI=1S/C13H26N2O/c1-4-9-14-12(16)11(2)15-10-13(3)7-5-6-8-13/h11,15H,4-10H2,1-3H3,(H,14,16). The van der Waals surface area contributed by atoms with Crippen molar-refractivity contribution >= 4 is 5.91 Å². The van der Waals surface area contributed by atoms with Crippen LogP contribution in [-0.4, -0.2) is 25.0 Å². The van der Waals surface area contributed by atoms with E-state index in [-0.39, 0.29) is 11.9 Å². The second-order valence-electron chi connectivity index (χ2n) is 5.41. The molecule has 1 atom stereocenters. The summed E-state index contributed by atoms with van der Waals surface area (Å²) in [5.74, 6) is 0.128. The molecule has 1 aliphatic rings. The van der Waals surface area contributed by atoms with E-state index in [9.17, 15) is 4.79 Å². The fraction of sp³-hybridized carbons (Fsp3) is 0.923. The van der Waals surface area contributed by atoms with Gasteiger partial charge in [0.2, 0.25) is 5.91 Å². The first-order valence-electron chi connectivity index (χ1n) is 6.58. The maximum absolute atomic E-state index is 11.6. The molecular formula is C13H26N2O. The number of carbonyl (C=O) groups excluding carboxylic acids is 1. The van der Waals surface area contributed by atoms with E-state index < -0.39 is 0 Å². The van der Waals surface area contributed by atoms with Crippen molar-refractivity contribution in [3.05, 3.63) is 0 Å². The molecule has 3 nitrogen and oxygen atoms in total. The highest BCUT2D eigenvalue weighted by Gasteiger charge is 2.29. The van der Waals surface area contributed by atoms with Gasteiger partial charge in [0.1, 0.15) is 0 Å². The Morgan fingerprint density at radius 3 is 2.56 bits per heavy atom. The van der Waals surface area contributed by atoms with Crippen LogP contribution in [-0.2, 0) is 4.79 Å². The smallest absolute Gasteiger partial charge is 0.236 e. The van der Waals surface area contributed by atoms with E-state index in [1.165, 1.54) is 25.7 Å². The van der Waals surface area contributed by atoms with Gasteiger partial charge in [-0.15, -0.1) is 0 Å². The van der Waals surface area contributed by atoms with E-state index in [1.54, 1.807) is 0 Å². The minimum atomic E-state index is -0.0658. The third-order valence-electron chi connectivity index (χ3n) is 3.59. The van der Waals surface area contributed by atoms with Crippen LogP contribution in [0.2, 0.25) is 0 Å². The lowest BCUT2D eigenvalue weighted by molar-refractivity contribution is -0.122. The number of rotatable bonds is 6. The normalized spacial score (nSPS) is 20.7. The van der Waals surface area contributed by atoms with Crippen LogP contribution in [0, 0.1) is 5.41 Å². The van der Waals surface area contributed by atoms with Crippen LogP contribution in [0.3, 0.4) is 0 Å². The zero-order valence-electron chi connectivity index (χ0n) is 10.9. The molecule has 3 heteroatoms. The van der Waals surface area contributed by atoms with E-state index >= 15 is 0 Å². The summed E-state index contributed by atoms with van der Waals surface area (Å²) >= 11 is 0. The van der Waals surface area contributed by atoms with Gasteiger partial charge in [-0.05, 0) is 31.6 Å². The quantitative estimate of drug-likeness (QED) is 0.728. The first-order chi connectivity index (χ1) is 7.57. The average molecular weight is 226 g/mol. The summed E-state index contributed by atoms with van der Waals surface area (Å²) in [7, 11) is 0. The van der Waals surface area contributed by atoms with Gasteiger partial charge in [0.05, 0.1) is 6.04 Å². The summed E-state index contributed by atoms with van der Waals surface area (Å²) in [4.78, 5) is 11.6. The topological polar surface area (TPSA) is 41.1 Å².